The van der Waals surface area contributed by atoms with E-state index in [1.165, 1.54) is 4.31 Å². The van der Waals surface area contributed by atoms with Crippen molar-refractivity contribution in [3.05, 3.63) is 23.3 Å². The lowest BCUT2D eigenvalue weighted by molar-refractivity contribution is -0.122. The number of nitrogens with zero attached hydrogens (tertiary/aromatic N) is 1. The third kappa shape index (κ3) is 3.50. The van der Waals surface area contributed by atoms with Crippen LogP contribution < -0.4 is 10.5 Å². The third-order valence-electron chi connectivity index (χ3n) is 4.46. The van der Waals surface area contributed by atoms with Crippen LogP contribution in [-0.4, -0.2) is 38.3 Å². The number of piperidine rings is 1. The second-order valence-corrected chi connectivity index (χ2v) is 7.73. The average molecular weight is 340 g/mol. The van der Waals surface area contributed by atoms with Gasteiger partial charge in [0.15, 0.2) is 0 Å². The number of sulfonamides is 1. The molecule has 2 rings (SSSR count). The summed E-state index contributed by atoms with van der Waals surface area (Å²) in [4.78, 5) is 11.5. The van der Waals surface area contributed by atoms with Crippen molar-refractivity contribution in [1.29, 1.82) is 0 Å². The number of primary amides is 1. The van der Waals surface area contributed by atoms with E-state index in [0.717, 1.165) is 5.56 Å². The van der Waals surface area contributed by atoms with Gasteiger partial charge in [-0.3, -0.25) is 4.79 Å². The van der Waals surface area contributed by atoms with Crippen LogP contribution in [0.25, 0.3) is 0 Å². The van der Waals surface area contributed by atoms with Crippen LogP contribution in [0.5, 0.6) is 5.75 Å². The summed E-state index contributed by atoms with van der Waals surface area (Å²) in [5.74, 6) is 0.121. The summed E-state index contributed by atoms with van der Waals surface area (Å²) in [5, 5.41) is 0. The summed E-state index contributed by atoms with van der Waals surface area (Å²) in [6, 6.07) is 3.30. The zero-order valence-corrected chi connectivity index (χ0v) is 14.6. The van der Waals surface area contributed by atoms with Crippen molar-refractivity contribution >= 4 is 15.9 Å². The van der Waals surface area contributed by atoms with Gasteiger partial charge in [0.05, 0.1) is 11.5 Å². The summed E-state index contributed by atoms with van der Waals surface area (Å²) in [5.41, 5.74) is 6.84. The first-order valence-corrected chi connectivity index (χ1v) is 9.25. The number of hydrogen-bond acceptors (Lipinski definition) is 4. The highest BCUT2D eigenvalue weighted by Crippen LogP contribution is 2.30. The minimum Gasteiger partial charge on any atom is -0.494 e. The Balaban J connectivity index is 2.27. The molecule has 128 valence electrons. The molecule has 2 N–H and O–H groups in total. The number of carbonyl (C=O) groups is 1. The summed E-state index contributed by atoms with van der Waals surface area (Å²) in [7, 11) is -3.57. The zero-order chi connectivity index (χ0) is 17.2. The number of benzene rings is 1. The lowest BCUT2D eigenvalue weighted by atomic mass is 9.98. The summed E-state index contributed by atoms with van der Waals surface area (Å²) in [6.07, 6.45) is 0.952. The van der Waals surface area contributed by atoms with Crippen molar-refractivity contribution < 1.29 is 17.9 Å². The van der Waals surface area contributed by atoms with Gasteiger partial charge < -0.3 is 10.5 Å². The maximum Gasteiger partial charge on any atom is 0.243 e. The largest absolute Gasteiger partial charge is 0.494 e. The molecule has 1 saturated heterocycles. The van der Waals surface area contributed by atoms with Gasteiger partial charge in [-0.15, -0.1) is 0 Å². The fourth-order valence-electron chi connectivity index (χ4n) is 2.88. The monoisotopic (exact) mass is 340 g/mol. The van der Waals surface area contributed by atoms with E-state index in [4.69, 9.17) is 10.5 Å². The maximum atomic E-state index is 12.9. The van der Waals surface area contributed by atoms with Gasteiger partial charge in [0.1, 0.15) is 5.75 Å². The molecule has 1 amide bonds. The van der Waals surface area contributed by atoms with E-state index in [9.17, 15) is 13.2 Å². The quantitative estimate of drug-likeness (QED) is 0.881. The van der Waals surface area contributed by atoms with Crippen molar-refractivity contribution in [1.82, 2.24) is 4.31 Å². The molecule has 0 radical (unpaired) electrons. The van der Waals surface area contributed by atoms with Crippen molar-refractivity contribution in [2.45, 2.75) is 38.5 Å². The molecular weight excluding hydrogens is 316 g/mol. The van der Waals surface area contributed by atoms with Crippen LogP contribution in [0.2, 0.25) is 0 Å². The van der Waals surface area contributed by atoms with Crippen LogP contribution in [-0.2, 0) is 14.8 Å². The molecule has 1 heterocycles. The van der Waals surface area contributed by atoms with Gasteiger partial charge in [-0.05, 0) is 56.9 Å². The van der Waals surface area contributed by atoms with Crippen LogP contribution in [0.4, 0.5) is 0 Å². The number of carbonyl (C=O) groups excluding carboxylic acids is 1. The first kappa shape index (κ1) is 17.7. The van der Waals surface area contributed by atoms with Gasteiger partial charge in [-0.2, -0.15) is 4.31 Å². The van der Waals surface area contributed by atoms with Crippen molar-refractivity contribution in [3.8, 4) is 5.75 Å². The molecule has 23 heavy (non-hydrogen) atoms. The van der Waals surface area contributed by atoms with E-state index in [1.807, 2.05) is 13.8 Å². The summed E-state index contributed by atoms with van der Waals surface area (Å²) in [6.45, 7) is 6.72. The highest BCUT2D eigenvalue weighted by Gasteiger charge is 2.32. The molecule has 1 aliphatic rings. The minimum atomic E-state index is -3.57. The molecule has 1 aliphatic heterocycles. The summed E-state index contributed by atoms with van der Waals surface area (Å²) >= 11 is 0. The lowest BCUT2D eigenvalue weighted by Gasteiger charge is -2.30. The SMILES string of the molecule is CCOc1ccc(S(=O)(=O)N2CCC(C(N)=O)CC2)c(C)c1C. The topological polar surface area (TPSA) is 89.7 Å². The highest BCUT2D eigenvalue weighted by molar-refractivity contribution is 7.89. The highest BCUT2D eigenvalue weighted by atomic mass is 32.2. The Morgan fingerprint density at radius 3 is 2.39 bits per heavy atom. The van der Waals surface area contributed by atoms with Crippen molar-refractivity contribution in [2.75, 3.05) is 19.7 Å². The van der Waals surface area contributed by atoms with Crippen LogP contribution in [0.15, 0.2) is 17.0 Å². The molecule has 0 aromatic heterocycles. The van der Waals surface area contributed by atoms with Gasteiger partial charge in [-0.1, -0.05) is 0 Å². The standard InChI is InChI=1S/C16H24N2O4S/c1-4-22-14-5-6-15(12(3)11(14)2)23(20,21)18-9-7-13(8-10-18)16(17)19/h5-6,13H,4,7-10H2,1-3H3,(H2,17,19). The van der Waals surface area contributed by atoms with E-state index in [1.54, 1.807) is 19.1 Å². The number of hydrogen-bond donors (Lipinski definition) is 1. The molecule has 7 heteroatoms. The van der Waals surface area contributed by atoms with E-state index in [0.29, 0.717) is 48.7 Å². The first-order chi connectivity index (χ1) is 10.8. The van der Waals surface area contributed by atoms with E-state index < -0.39 is 10.0 Å². The third-order valence-corrected chi connectivity index (χ3v) is 6.50. The molecule has 0 saturated carbocycles. The molecule has 1 fully saturated rings. The molecule has 0 aliphatic carbocycles. The fraction of sp³-hybridized carbons (Fsp3) is 0.562. The number of amides is 1. The molecule has 0 unspecified atom stereocenters. The molecular formula is C16H24N2O4S. The van der Waals surface area contributed by atoms with Crippen molar-refractivity contribution in [2.24, 2.45) is 11.7 Å². The second-order valence-electron chi connectivity index (χ2n) is 5.83. The fourth-order valence-corrected chi connectivity index (χ4v) is 4.63. The maximum absolute atomic E-state index is 12.9. The Hall–Kier alpha value is -1.60. The second kappa shape index (κ2) is 6.88. The lowest BCUT2D eigenvalue weighted by Crippen LogP contribution is -2.41. The van der Waals surface area contributed by atoms with Crippen LogP contribution in [0.1, 0.15) is 30.9 Å². The molecule has 6 nitrogen and oxygen atoms in total. The van der Waals surface area contributed by atoms with Crippen LogP contribution in [0.3, 0.4) is 0 Å². The molecule has 0 spiro atoms. The number of nitrogens with two attached hydrogens (primary N) is 1. The predicted octanol–water partition coefficient (Wildman–Crippen LogP) is 1.59. The predicted molar refractivity (Wildman–Crippen MR) is 87.8 cm³/mol. The number of rotatable bonds is 5. The molecule has 1 aromatic rings. The van der Waals surface area contributed by atoms with Gasteiger partial charge in [0, 0.05) is 19.0 Å². The van der Waals surface area contributed by atoms with Gasteiger partial charge >= 0.3 is 0 Å². The van der Waals surface area contributed by atoms with E-state index >= 15 is 0 Å². The van der Waals surface area contributed by atoms with Crippen LogP contribution in [0, 0.1) is 19.8 Å². The minimum absolute atomic E-state index is 0.232. The normalized spacial score (nSPS) is 17.2. The smallest absolute Gasteiger partial charge is 0.243 e. The van der Waals surface area contributed by atoms with Gasteiger partial charge in [0.25, 0.3) is 0 Å². The van der Waals surface area contributed by atoms with E-state index in [-0.39, 0.29) is 11.8 Å². The number of ether oxygens (including phenoxy) is 1. The first-order valence-electron chi connectivity index (χ1n) is 7.81. The molecule has 1 aromatic carbocycles. The molecule has 0 atom stereocenters. The van der Waals surface area contributed by atoms with Crippen molar-refractivity contribution in [3.63, 3.8) is 0 Å². The van der Waals surface area contributed by atoms with Crippen LogP contribution >= 0.6 is 0 Å². The Morgan fingerprint density at radius 2 is 1.87 bits per heavy atom. The van der Waals surface area contributed by atoms with Gasteiger partial charge in [0.2, 0.25) is 15.9 Å². The van der Waals surface area contributed by atoms with Gasteiger partial charge in [-0.25, -0.2) is 8.42 Å². The Labute approximate surface area is 137 Å². The molecule has 0 bridgehead atoms. The summed E-state index contributed by atoms with van der Waals surface area (Å²) < 4.78 is 32.7. The Bertz CT molecular complexity index is 692. The van der Waals surface area contributed by atoms with E-state index in [2.05, 4.69) is 0 Å². The Kier molecular flexibility index (Phi) is 5.31. The average Bonchev–Trinajstić information content (AvgIpc) is 2.52. The Morgan fingerprint density at radius 1 is 1.26 bits per heavy atom. The zero-order valence-electron chi connectivity index (χ0n) is 13.8.